The van der Waals surface area contributed by atoms with Gasteiger partial charge in [-0.2, -0.15) is 0 Å². The van der Waals surface area contributed by atoms with Gasteiger partial charge in [-0.05, 0) is 48.9 Å². The van der Waals surface area contributed by atoms with Crippen molar-refractivity contribution in [1.29, 1.82) is 0 Å². The van der Waals surface area contributed by atoms with Gasteiger partial charge in [-0.1, -0.05) is 42.6 Å². The van der Waals surface area contributed by atoms with Crippen LogP contribution in [0.2, 0.25) is 5.15 Å². The van der Waals surface area contributed by atoms with E-state index in [1.807, 2.05) is 12.1 Å². The Hall–Kier alpha value is -1.41. The molecule has 0 bridgehead atoms. The van der Waals surface area contributed by atoms with Gasteiger partial charge < -0.3 is 0 Å². The van der Waals surface area contributed by atoms with Gasteiger partial charge in [-0.3, -0.25) is 0 Å². The first-order valence-electron chi connectivity index (χ1n) is 7.19. The molecule has 0 fully saturated rings. The molecule has 2 aromatic rings. The van der Waals surface area contributed by atoms with Crippen LogP contribution in [0.25, 0.3) is 11.1 Å². The molecule has 20 heavy (non-hydrogen) atoms. The molecule has 1 nitrogen and oxygen atoms in total. The molecule has 104 valence electrons. The van der Waals surface area contributed by atoms with Crippen molar-refractivity contribution >= 4 is 11.6 Å². The molecular formula is C17H17ClFN. The van der Waals surface area contributed by atoms with Crippen LogP contribution in [0.1, 0.15) is 36.9 Å². The van der Waals surface area contributed by atoms with Gasteiger partial charge in [0.1, 0.15) is 11.0 Å². The van der Waals surface area contributed by atoms with Gasteiger partial charge >= 0.3 is 0 Å². The minimum atomic E-state index is -0.195. The summed E-state index contributed by atoms with van der Waals surface area (Å²) in [4.78, 5) is 4.47. The van der Waals surface area contributed by atoms with E-state index in [4.69, 9.17) is 11.6 Å². The smallest absolute Gasteiger partial charge is 0.131 e. The highest BCUT2D eigenvalue weighted by Crippen LogP contribution is 2.33. The molecule has 0 amide bonds. The summed E-state index contributed by atoms with van der Waals surface area (Å²) in [6, 6.07) is 8.70. The van der Waals surface area contributed by atoms with E-state index < -0.39 is 0 Å². The summed E-state index contributed by atoms with van der Waals surface area (Å²) in [6.07, 6.45) is 6.65. The SMILES string of the molecule is Fc1ccccc1-c1cc(Cl)nc2c1CCCCCC2. The number of fused-ring (bicyclic) bond motifs is 1. The van der Waals surface area contributed by atoms with Crippen LogP contribution in [-0.2, 0) is 12.8 Å². The van der Waals surface area contributed by atoms with E-state index in [9.17, 15) is 4.39 Å². The zero-order valence-corrected chi connectivity index (χ0v) is 12.1. The molecule has 0 N–H and O–H groups in total. The maximum absolute atomic E-state index is 14.1. The number of pyridine rings is 1. The number of hydrogen-bond acceptors (Lipinski definition) is 1. The van der Waals surface area contributed by atoms with Crippen LogP contribution in [-0.4, -0.2) is 4.98 Å². The number of hydrogen-bond donors (Lipinski definition) is 0. The highest BCUT2D eigenvalue weighted by molar-refractivity contribution is 6.29. The molecule has 3 rings (SSSR count). The van der Waals surface area contributed by atoms with E-state index in [2.05, 4.69) is 4.98 Å². The summed E-state index contributed by atoms with van der Waals surface area (Å²) in [5, 5.41) is 0.461. The van der Waals surface area contributed by atoms with Gasteiger partial charge in [0.2, 0.25) is 0 Å². The van der Waals surface area contributed by atoms with Crippen LogP contribution in [0.3, 0.4) is 0 Å². The molecule has 1 aliphatic carbocycles. The fourth-order valence-corrected chi connectivity index (χ4v) is 3.15. The second-order valence-electron chi connectivity index (χ2n) is 5.31. The molecule has 1 heterocycles. The lowest BCUT2D eigenvalue weighted by Crippen LogP contribution is -2.05. The first-order chi connectivity index (χ1) is 9.75. The van der Waals surface area contributed by atoms with Crippen molar-refractivity contribution in [3.63, 3.8) is 0 Å². The molecule has 0 aliphatic heterocycles. The van der Waals surface area contributed by atoms with Crippen molar-refractivity contribution in [2.24, 2.45) is 0 Å². The second-order valence-corrected chi connectivity index (χ2v) is 5.70. The van der Waals surface area contributed by atoms with Gasteiger partial charge in [0.05, 0.1) is 0 Å². The van der Waals surface area contributed by atoms with Crippen molar-refractivity contribution in [3.05, 3.63) is 52.6 Å². The number of halogens is 2. The molecule has 0 radical (unpaired) electrons. The van der Waals surface area contributed by atoms with Gasteiger partial charge in [0.25, 0.3) is 0 Å². The van der Waals surface area contributed by atoms with Crippen LogP contribution < -0.4 is 0 Å². The Morgan fingerprint density at radius 3 is 2.50 bits per heavy atom. The monoisotopic (exact) mass is 289 g/mol. The van der Waals surface area contributed by atoms with Crippen LogP contribution in [0, 0.1) is 5.82 Å². The van der Waals surface area contributed by atoms with E-state index in [0.29, 0.717) is 10.7 Å². The van der Waals surface area contributed by atoms with E-state index >= 15 is 0 Å². The molecule has 0 unspecified atom stereocenters. The number of rotatable bonds is 1. The molecule has 0 saturated heterocycles. The molecule has 0 spiro atoms. The Morgan fingerprint density at radius 1 is 0.950 bits per heavy atom. The Morgan fingerprint density at radius 2 is 1.70 bits per heavy atom. The van der Waals surface area contributed by atoms with E-state index in [0.717, 1.165) is 36.9 Å². The second kappa shape index (κ2) is 5.92. The Labute approximate surface area is 123 Å². The van der Waals surface area contributed by atoms with Crippen molar-refractivity contribution in [2.45, 2.75) is 38.5 Å². The summed E-state index contributed by atoms with van der Waals surface area (Å²) < 4.78 is 14.1. The lowest BCUT2D eigenvalue weighted by molar-refractivity contribution is 0.608. The first kappa shape index (κ1) is 13.6. The maximum atomic E-state index is 14.1. The van der Waals surface area contributed by atoms with Crippen molar-refractivity contribution in [1.82, 2.24) is 4.98 Å². The average Bonchev–Trinajstić information content (AvgIpc) is 2.40. The van der Waals surface area contributed by atoms with Crippen molar-refractivity contribution < 1.29 is 4.39 Å². The normalized spacial score (nSPS) is 15.3. The molecule has 0 saturated carbocycles. The molecule has 1 aliphatic rings. The first-order valence-corrected chi connectivity index (χ1v) is 7.56. The maximum Gasteiger partial charge on any atom is 0.131 e. The van der Waals surface area contributed by atoms with E-state index in [-0.39, 0.29) is 5.82 Å². The molecule has 3 heteroatoms. The zero-order valence-electron chi connectivity index (χ0n) is 11.3. The molecule has 1 aromatic carbocycles. The number of nitrogens with zero attached hydrogens (tertiary/aromatic N) is 1. The third-order valence-corrected chi connectivity index (χ3v) is 4.13. The summed E-state index contributed by atoms with van der Waals surface area (Å²) >= 11 is 6.14. The third-order valence-electron chi connectivity index (χ3n) is 3.93. The standard InChI is InChI=1S/C17H17ClFN/c18-17-11-14(12-7-5-6-9-15(12)19)13-8-3-1-2-4-10-16(13)20-17/h5-7,9,11H,1-4,8,10H2. The van der Waals surface area contributed by atoms with Crippen LogP contribution >= 0.6 is 11.6 Å². The quantitative estimate of drug-likeness (QED) is 0.658. The van der Waals surface area contributed by atoms with Gasteiger partial charge in [0, 0.05) is 11.3 Å². The lowest BCUT2D eigenvalue weighted by atomic mass is 9.90. The minimum Gasteiger partial charge on any atom is -0.241 e. The number of aryl methyl sites for hydroxylation is 1. The minimum absolute atomic E-state index is 0.195. The number of benzene rings is 1. The summed E-state index contributed by atoms with van der Waals surface area (Å²) in [6.45, 7) is 0. The predicted molar refractivity (Wildman–Crippen MR) is 80.5 cm³/mol. The number of aromatic nitrogens is 1. The summed E-state index contributed by atoms with van der Waals surface area (Å²) in [7, 11) is 0. The fourth-order valence-electron chi connectivity index (χ4n) is 2.94. The fraction of sp³-hybridized carbons (Fsp3) is 0.353. The zero-order chi connectivity index (χ0) is 13.9. The summed E-state index contributed by atoms with van der Waals surface area (Å²) in [5.74, 6) is -0.195. The molecule has 0 atom stereocenters. The van der Waals surface area contributed by atoms with Crippen LogP contribution in [0.5, 0.6) is 0 Å². The molecule has 1 aromatic heterocycles. The van der Waals surface area contributed by atoms with Crippen LogP contribution in [0.4, 0.5) is 4.39 Å². The topological polar surface area (TPSA) is 12.9 Å². The highest BCUT2D eigenvalue weighted by atomic mass is 35.5. The van der Waals surface area contributed by atoms with Crippen molar-refractivity contribution in [3.8, 4) is 11.1 Å². The predicted octanol–water partition coefficient (Wildman–Crippen LogP) is 5.20. The van der Waals surface area contributed by atoms with Crippen LogP contribution in [0.15, 0.2) is 30.3 Å². The molecular weight excluding hydrogens is 273 g/mol. The lowest BCUT2D eigenvalue weighted by Gasteiger charge is -2.18. The summed E-state index contributed by atoms with van der Waals surface area (Å²) in [5.41, 5.74) is 3.78. The Balaban J connectivity index is 2.17. The van der Waals surface area contributed by atoms with Gasteiger partial charge in [0.15, 0.2) is 0 Å². The Bertz CT molecular complexity index is 624. The average molecular weight is 290 g/mol. The third kappa shape index (κ3) is 2.71. The highest BCUT2D eigenvalue weighted by Gasteiger charge is 2.17. The largest absolute Gasteiger partial charge is 0.241 e. The van der Waals surface area contributed by atoms with Gasteiger partial charge in [-0.15, -0.1) is 0 Å². The Kier molecular flexibility index (Phi) is 4.02. The van der Waals surface area contributed by atoms with Crippen molar-refractivity contribution in [2.75, 3.05) is 0 Å². The van der Waals surface area contributed by atoms with E-state index in [1.54, 1.807) is 12.1 Å². The van der Waals surface area contributed by atoms with Gasteiger partial charge in [-0.25, -0.2) is 9.37 Å². The van der Waals surface area contributed by atoms with E-state index in [1.165, 1.54) is 24.5 Å².